The van der Waals surface area contributed by atoms with E-state index in [9.17, 15) is 0 Å². The molecule has 0 aliphatic carbocycles. The predicted molar refractivity (Wildman–Crippen MR) is 64.0 cm³/mol. The number of hydrogen-bond donors (Lipinski definition) is 1. The van der Waals surface area contributed by atoms with Gasteiger partial charge in [0.2, 0.25) is 0 Å². The van der Waals surface area contributed by atoms with E-state index < -0.39 is 0 Å². The third-order valence-electron chi connectivity index (χ3n) is 2.87. The molecule has 0 saturated heterocycles. The molecule has 0 aromatic heterocycles. The molecule has 0 saturated carbocycles. The Bertz CT molecular complexity index is 192. The second-order valence-electron chi connectivity index (χ2n) is 4.33. The first-order chi connectivity index (χ1) is 7.33. The standard InChI is InChI=1S/C12H24N2O/c1-2-3-4-5-6-7-8-9-11-10-14-12(13)15-11/h11H,2-10H2,1H3,(H2,13,14). The van der Waals surface area contributed by atoms with Crippen LogP contribution in [0.1, 0.15) is 58.3 Å². The van der Waals surface area contributed by atoms with Crippen LogP contribution < -0.4 is 5.73 Å². The zero-order chi connectivity index (χ0) is 10.9. The summed E-state index contributed by atoms with van der Waals surface area (Å²) >= 11 is 0. The molecule has 1 aliphatic rings. The number of ether oxygens (including phenoxy) is 1. The summed E-state index contributed by atoms with van der Waals surface area (Å²) in [5.41, 5.74) is 5.44. The lowest BCUT2D eigenvalue weighted by molar-refractivity contribution is 0.205. The second kappa shape index (κ2) is 7.55. The molecule has 2 N–H and O–H groups in total. The fourth-order valence-corrected chi connectivity index (χ4v) is 1.92. The van der Waals surface area contributed by atoms with E-state index in [4.69, 9.17) is 10.5 Å². The lowest BCUT2D eigenvalue weighted by Gasteiger charge is -2.08. The normalized spacial score (nSPS) is 20.1. The highest BCUT2D eigenvalue weighted by molar-refractivity contribution is 5.72. The Morgan fingerprint density at radius 3 is 2.47 bits per heavy atom. The van der Waals surface area contributed by atoms with Crippen LogP contribution in [0.2, 0.25) is 0 Å². The molecule has 3 nitrogen and oxygen atoms in total. The van der Waals surface area contributed by atoms with Gasteiger partial charge in [-0.3, -0.25) is 0 Å². The minimum absolute atomic E-state index is 0.264. The van der Waals surface area contributed by atoms with Crippen molar-refractivity contribution in [3.8, 4) is 0 Å². The smallest absolute Gasteiger partial charge is 0.282 e. The van der Waals surface area contributed by atoms with E-state index >= 15 is 0 Å². The maximum absolute atomic E-state index is 5.44. The first-order valence-electron chi connectivity index (χ1n) is 6.29. The fraction of sp³-hybridized carbons (Fsp3) is 0.917. The maximum atomic E-state index is 5.44. The van der Waals surface area contributed by atoms with Crippen molar-refractivity contribution in [2.45, 2.75) is 64.4 Å². The van der Waals surface area contributed by atoms with E-state index in [1.54, 1.807) is 0 Å². The minimum Gasteiger partial charge on any atom is -0.460 e. The Labute approximate surface area is 93.1 Å². The summed E-state index contributed by atoms with van der Waals surface area (Å²) in [4.78, 5) is 4.03. The third kappa shape index (κ3) is 5.65. The largest absolute Gasteiger partial charge is 0.460 e. The predicted octanol–water partition coefficient (Wildman–Crippen LogP) is 2.84. The molecule has 0 radical (unpaired) electrons. The van der Waals surface area contributed by atoms with Crippen LogP contribution >= 0.6 is 0 Å². The van der Waals surface area contributed by atoms with Crippen LogP contribution in [0.5, 0.6) is 0 Å². The van der Waals surface area contributed by atoms with Crippen LogP contribution in [0.25, 0.3) is 0 Å². The Balaban J connectivity index is 1.81. The van der Waals surface area contributed by atoms with Crippen molar-refractivity contribution >= 4 is 6.02 Å². The van der Waals surface area contributed by atoms with Crippen LogP contribution in [-0.4, -0.2) is 18.7 Å². The zero-order valence-electron chi connectivity index (χ0n) is 9.87. The molecule has 0 amide bonds. The van der Waals surface area contributed by atoms with Gasteiger partial charge in [0.25, 0.3) is 6.02 Å². The molecule has 1 heterocycles. The Morgan fingerprint density at radius 1 is 1.20 bits per heavy atom. The molecular formula is C12H24N2O. The molecule has 0 aromatic carbocycles. The minimum atomic E-state index is 0.264. The van der Waals surface area contributed by atoms with Gasteiger partial charge in [-0.05, 0) is 12.8 Å². The zero-order valence-corrected chi connectivity index (χ0v) is 9.87. The Hall–Kier alpha value is -0.730. The number of nitrogens with zero attached hydrogens (tertiary/aromatic N) is 1. The van der Waals surface area contributed by atoms with Gasteiger partial charge in [-0.2, -0.15) is 0 Å². The van der Waals surface area contributed by atoms with E-state index in [-0.39, 0.29) is 6.10 Å². The van der Waals surface area contributed by atoms with E-state index in [0.29, 0.717) is 6.02 Å². The molecule has 0 spiro atoms. The van der Waals surface area contributed by atoms with Gasteiger partial charge in [0.05, 0.1) is 6.54 Å². The van der Waals surface area contributed by atoms with Crippen LogP contribution in [0, 0.1) is 0 Å². The van der Waals surface area contributed by atoms with E-state index in [1.807, 2.05) is 0 Å². The first-order valence-corrected chi connectivity index (χ1v) is 6.29. The SMILES string of the molecule is CCCCCCCCCC1CN=C(N)O1. The molecule has 3 heteroatoms. The number of nitrogens with two attached hydrogens (primary N) is 1. The molecule has 1 aliphatic heterocycles. The van der Waals surface area contributed by atoms with Crippen molar-refractivity contribution in [3.63, 3.8) is 0 Å². The Kier molecular flexibility index (Phi) is 6.21. The number of rotatable bonds is 8. The number of unbranched alkanes of at least 4 members (excludes halogenated alkanes) is 6. The van der Waals surface area contributed by atoms with Gasteiger partial charge in [0.1, 0.15) is 6.10 Å². The third-order valence-corrected chi connectivity index (χ3v) is 2.87. The second-order valence-corrected chi connectivity index (χ2v) is 4.33. The van der Waals surface area contributed by atoms with Gasteiger partial charge in [-0.25, -0.2) is 4.99 Å². The lowest BCUT2D eigenvalue weighted by Crippen LogP contribution is -2.17. The maximum Gasteiger partial charge on any atom is 0.282 e. The van der Waals surface area contributed by atoms with Crippen molar-refractivity contribution in [2.75, 3.05) is 6.54 Å². The van der Waals surface area contributed by atoms with Gasteiger partial charge >= 0.3 is 0 Å². The highest BCUT2D eigenvalue weighted by Gasteiger charge is 2.16. The van der Waals surface area contributed by atoms with Crippen molar-refractivity contribution in [1.82, 2.24) is 0 Å². The van der Waals surface area contributed by atoms with E-state index in [0.717, 1.165) is 13.0 Å². The molecule has 0 bridgehead atoms. The number of aliphatic imine (C=N–C) groups is 1. The van der Waals surface area contributed by atoms with Crippen LogP contribution in [0.4, 0.5) is 0 Å². The van der Waals surface area contributed by atoms with Gasteiger partial charge < -0.3 is 10.5 Å². The van der Waals surface area contributed by atoms with Gasteiger partial charge in [0.15, 0.2) is 0 Å². The van der Waals surface area contributed by atoms with Crippen molar-refractivity contribution in [2.24, 2.45) is 10.7 Å². The molecule has 88 valence electrons. The highest BCUT2D eigenvalue weighted by Crippen LogP contribution is 2.13. The van der Waals surface area contributed by atoms with Crippen LogP contribution in [0.3, 0.4) is 0 Å². The molecule has 0 aromatic rings. The summed E-state index contributed by atoms with van der Waals surface area (Å²) in [7, 11) is 0. The quantitative estimate of drug-likeness (QED) is 0.629. The summed E-state index contributed by atoms with van der Waals surface area (Å²) < 4.78 is 5.33. The van der Waals surface area contributed by atoms with Crippen molar-refractivity contribution < 1.29 is 4.74 Å². The Morgan fingerprint density at radius 2 is 1.87 bits per heavy atom. The average molecular weight is 212 g/mol. The molecule has 0 fully saturated rings. The van der Waals surface area contributed by atoms with Crippen molar-refractivity contribution in [1.29, 1.82) is 0 Å². The first kappa shape index (κ1) is 12.3. The number of amidine groups is 1. The van der Waals surface area contributed by atoms with Gasteiger partial charge in [0, 0.05) is 0 Å². The topological polar surface area (TPSA) is 47.6 Å². The van der Waals surface area contributed by atoms with Gasteiger partial charge in [-0.1, -0.05) is 45.4 Å². The summed E-state index contributed by atoms with van der Waals surface area (Å²) in [6.07, 6.45) is 10.8. The molecular weight excluding hydrogens is 188 g/mol. The summed E-state index contributed by atoms with van der Waals surface area (Å²) in [5, 5.41) is 0. The summed E-state index contributed by atoms with van der Waals surface area (Å²) in [6.45, 7) is 3.02. The molecule has 1 unspecified atom stereocenters. The molecule has 1 rings (SSSR count). The number of hydrogen-bond acceptors (Lipinski definition) is 3. The molecule has 15 heavy (non-hydrogen) atoms. The summed E-state index contributed by atoms with van der Waals surface area (Å²) in [5.74, 6) is 0. The monoisotopic (exact) mass is 212 g/mol. The van der Waals surface area contributed by atoms with E-state index in [2.05, 4.69) is 11.9 Å². The van der Waals surface area contributed by atoms with Crippen LogP contribution in [0.15, 0.2) is 4.99 Å². The molecule has 1 atom stereocenters. The van der Waals surface area contributed by atoms with Crippen LogP contribution in [-0.2, 0) is 4.74 Å². The fourth-order valence-electron chi connectivity index (χ4n) is 1.92. The highest BCUT2D eigenvalue weighted by atomic mass is 16.5. The lowest BCUT2D eigenvalue weighted by atomic mass is 10.1. The van der Waals surface area contributed by atoms with Gasteiger partial charge in [-0.15, -0.1) is 0 Å². The summed E-state index contributed by atoms with van der Waals surface area (Å²) in [6, 6.07) is 0.378. The average Bonchev–Trinajstić information content (AvgIpc) is 2.63. The van der Waals surface area contributed by atoms with E-state index in [1.165, 1.54) is 44.9 Å². The van der Waals surface area contributed by atoms with Crippen molar-refractivity contribution in [3.05, 3.63) is 0 Å².